The van der Waals surface area contributed by atoms with Crippen LogP contribution in [-0.2, 0) is 4.79 Å². The monoisotopic (exact) mass is 363 g/mol. The summed E-state index contributed by atoms with van der Waals surface area (Å²) in [5.74, 6) is 0.0523. The summed E-state index contributed by atoms with van der Waals surface area (Å²) in [6.07, 6.45) is 1.62. The van der Waals surface area contributed by atoms with E-state index in [9.17, 15) is 18.0 Å². The molecule has 1 aromatic carbocycles. The summed E-state index contributed by atoms with van der Waals surface area (Å²) in [7, 11) is 0. The van der Waals surface area contributed by atoms with Gasteiger partial charge in [-0.05, 0) is 37.0 Å². The largest absolute Gasteiger partial charge is 0.361 e. The van der Waals surface area contributed by atoms with E-state index in [2.05, 4.69) is 5.32 Å². The minimum Gasteiger partial charge on any atom is -0.361 e. The first kappa shape index (κ1) is 16.5. The van der Waals surface area contributed by atoms with Crippen molar-refractivity contribution in [2.24, 2.45) is 0 Å². The molecule has 1 atom stereocenters. The molecule has 2 heterocycles. The van der Waals surface area contributed by atoms with Crippen LogP contribution in [0.2, 0.25) is 0 Å². The molecule has 1 aliphatic carbocycles. The third kappa shape index (κ3) is 2.92. The first-order valence-corrected chi connectivity index (χ1v) is 9.24. The average molecular weight is 363 g/mol. The maximum Gasteiger partial charge on any atom is 0.271 e. The van der Waals surface area contributed by atoms with Crippen LogP contribution in [0.4, 0.5) is 13.2 Å². The number of halogens is 3. The highest BCUT2D eigenvalue weighted by molar-refractivity contribution is 8.03. The lowest BCUT2D eigenvalue weighted by Crippen LogP contribution is -2.30. The molecule has 0 bridgehead atoms. The SMILES string of the molecule is O=C1CCCC2=C1C(c1ccc(F)c(C=C(F)F)c1)C1=C(CCS1)N2. The average Bonchev–Trinajstić information content (AvgIpc) is 3.03. The number of dihydropyridines is 1. The molecular weight excluding hydrogens is 347 g/mol. The predicted molar refractivity (Wildman–Crippen MR) is 92.5 cm³/mol. The van der Waals surface area contributed by atoms with Crippen molar-refractivity contribution in [1.82, 2.24) is 5.32 Å². The molecule has 1 aromatic rings. The third-order valence-electron chi connectivity index (χ3n) is 4.83. The second-order valence-corrected chi connectivity index (χ2v) is 7.52. The van der Waals surface area contributed by atoms with Crippen molar-refractivity contribution in [1.29, 1.82) is 0 Å². The number of allylic oxidation sites excluding steroid dienone is 4. The number of thioether (sulfide) groups is 1. The van der Waals surface area contributed by atoms with Gasteiger partial charge in [0.15, 0.2) is 5.78 Å². The number of rotatable bonds is 2. The molecule has 0 saturated carbocycles. The Labute approximate surface area is 147 Å². The summed E-state index contributed by atoms with van der Waals surface area (Å²) in [6, 6.07) is 4.26. The smallest absolute Gasteiger partial charge is 0.271 e. The highest BCUT2D eigenvalue weighted by Crippen LogP contribution is 2.50. The first-order chi connectivity index (χ1) is 12.0. The first-order valence-electron chi connectivity index (χ1n) is 8.26. The second-order valence-electron chi connectivity index (χ2n) is 6.38. The molecule has 1 N–H and O–H groups in total. The van der Waals surface area contributed by atoms with Gasteiger partial charge in [0, 0.05) is 51.6 Å². The maximum absolute atomic E-state index is 13.9. The van der Waals surface area contributed by atoms with Crippen molar-refractivity contribution in [3.05, 3.63) is 63.1 Å². The molecule has 0 saturated heterocycles. The van der Waals surface area contributed by atoms with Crippen LogP contribution in [-0.4, -0.2) is 11.5 Å². The maximum atomic E-state index is 13.9. The van der Waals surface area contributed by atoms with Gasteiger partial charge in [-0.15, -0.1) is 11.8 Å². The van der Waals surface area contributed by atoms with Crippen LogP contribution in [0.3, 0.4) is 0 Å². The molecule has 0 radical (unpaired) electrons. The van der Waals surface area contributed by atoms with Gasteiger partial charge in [0.1, 0.15) is 5.82 Å². The Bertz CT molecular complexity index is 852. The van der Waals surface area contributed by atoms with E-state index in [1.54, 1.807) is 17.8 Å². The Kier molecular flexibility index (Phi) is 4.23. The zero-order chi connectivity index (χ0) is 17.6. The number of hydrogen-bond donors (Lipinski definition) is 1. The Hall–Kier alpha value is -1.95. The lowest BCUT2D eigenvalue weighted by atomic mass is 9.79. The van der Waals surface area contributed by atoms with Gasteiger partial charge in [-0.1, -0.05) is 6.07 Å². The van der Waals surface area contributed by atoms with Crippen molar-refractivity contribution < 1.29 is 18.0 Å². The van der Waals surface area contributed by atoms with Gasteiger partial charge in [0.05, 0.1) is 0 Å². The normalized spacial score (nSPS) is 22.5. The predicted octanol–water partition coefficient (Wildman–Crippen LogP) is 5.11. The van der Waals surface area contributed by atoms with Gasteiger partial charge in [-0.3, -0.25) is 4.79 Å². The number of ketones is 1. The fourth-order valence-corrected chi connectivity index (χ4v) is 5.06. The molecular formula is C19H16F3NOS. The molecule has 0 spiro atoms. The topological polar surface area (TPSA) is 29.1 Å². The van der Waals surface area contributed by atoms with E-state index < -0.39 is 11.9 Å². The summed E-state index contributed by atoms with van der Waals surface area (Å²) < 4.78 is 39.1. The van der Waals surface area contributed by atoms with Gasteiger partial charge in [-0.25, -0.2) is 4.39 Å². The van der Waals surface area contributed by atoms with Crippen LogP contribution in [0.1, 0.15) is 42.7 Å². The summed E-state index contributed by atoms with van der Waals surface area (Å²) in [4.78, 5) is 13.7. The van der Waals surface area contributed by atoms with E-state index in [4.69, 9.17) is 0 Å². The summed E-state index contributed by atoms with van der Waals surface area (Å²) >= 11 is 1.68. The van der Waals surface area contributed by atoms with Crippen molar-refractivity contribution in [3.63, 3.8) is 0 Å². The zero-order valence-corrected chi connectivity index (χ0v) is 14.2. The number of Topliss-reactive ketones (excluding diaryl/α,β-unsaturated/α-hetero) is 1. The molecule has 6 heteroatoms. The van der Waals surface area contributed by atoms with Gasteiger partial charge >= 0.3 is 0 Å². The number of benzene rings is 1. The minimum absolute atomic E-state index is 0.0934. The molecule has 4 rings (SSSR count). The standard InChI is InChI=1S/C19H16F3NOS/c20-12-5-4-10(8-11(12)9-16(21)22)17-18-13(2-1-3-15(18)24)23-14-6-7-25-19(14)17/h4-5,8-9,17,23H,1-3,6-7H2. The van der Waals surface area contributed by atoms with Gasteiger partial charge in [0.25, 0.3) is 6.08 Å². The number of nitrogens with one attached hydrogen (secondary N) is 1. The quantitative estimate of drug-likeness (QED) is 0.792. The van der Waals surface area contributed by atoms with E-state index in [1.807, 2.05) is 0 Å². The lowest BCUT2D eigenvalue weighted by molar-refractivity contribution is -0.116. The van der Waals surface area contributed by atoms with Crippen LogP contribution in [0.15, 0.2) is 46.2 Å². The highest BCUT2D eigenvalue weighted by Gasteiger charge is 2.38. The molecule has 130 valence electrons. The minimum atomic E-state index is -1.94. The Balaban J connectivity index is 1.86. The van der Waals surface area contributed by atoms with Crippen LogP contribution in [0.5, 0.6) is 0 Å². The molecule has 1 unspecified atom stereocenters. The van der Waals surface area contributed by atoms with E-state index in [0.717, 1.165) is 46.9 Å². The molecule has 2 aliphatic heterocycles. The summed E-state index contributed by atoms with van der Waals surface area (Å²) in [5.41, 5.74) is 3.33. The van der Waals surface area contributed by atoms with Crippen molar-refractivity contribution in [2.45, 2.75) is 31.6 Å². The fraction of sp³-hybridized carbons (Fsp3) is 0.316. The van der Waals surface area contributed by atoms with Gasteiger partial charge in [0.2, 0.25) is 0 Å². The molecule has 0 fully saturated rings. The molecule has 0 aromatic heterocycles. The number of hydrogen-bond acceptors (Lipinski definition) is 3. The van der Waals surface area contributed by atoms with Crippen molar-refractivity contribution in [3.8, 4) is 0 Å². The Morgan fingerprint density at radius 3 is 2.84 bits per heavy atom. The molecule has 2 nitrogen and oxygen atoms in total. The summed E-state index contributed by atoms with van der Waals surface area (Å²) in [5, 5.41) is 3.42. The summed E-state index contributed by atoms with van der Waals surface area (Å²) in [6.45, 7) is 0. The second kappa shape index (κ2) is 6.41. The molecule has 3 aliphatic rings. The van der Waals surface area contributed by atoms with Gasteiger partial charge in [-0.2, -0.15) is 8.78 Å². The van der Waals surface area contributed by atoms with E-state index in [0.29, 0.717) is 18.1 Å². The van der Waals surface area contributed by atoms with Crippen LogP contribution < -0.4 is 5.32 Å². The van der Waals surface area contributed by atoms with E-state index >= 15 is 0 Å². The van der Waals surface area contributed by atoms with Crippen molar-refractivity contribution in [2.75, 3.05) is 5.75 Å². The lowest BCUT2D eigenvalue weighted by Gasteiger charge is -2.33. The Morgan fingerprint density at radius 1 is 1.20 bits per heavy atom. The van der Waals surface area contributed by atoms with E-state index in [-0.39, 0.29) is 17.3 Å². The van der Waals surface area contributed by atoms with Crippen LogP contribution >= 0.6 is 11.8 Å². The number of carbonyl (C=O) groups is 1. The van der Waals surface area contributed by atoms with Gasteiger partial charge < -0.3 is 5.32 Å². The molecule has 25 heavy (non-hydrogen) atoms. The van der Waals surface area contributed by atoms with Crippen molar-refractivity contribution >= 4 is 23.6 Å². The number of carbonyl (C=O) groups excluding carboxylic acids is 1. The van der Waals surface area contributed by atoms with E-state index in [1.165, 1.54) is 12.1 Å². The zero-order valence-electron chi connectivity index (χ0n) is 13.4. The fourth-order valence-electron chi connectivity index (χ4n) is 3.78. The third-order valence-corrected chi connectivity index (χ3v) is 6.04. The van der Waals surface area contributed by atoms with Crippen LogP contribution in [0.25, 0.3) is 6.08 Å². The highest BCUT2D eigenvalue weighted by atomic mass is 32.2. The van der Waals surface area contributed by atoms with Crippen LogP contribution in [0, 0.1) is 5.82 Å². The Morgan fingerprint density at radius 2 is 2.04 bits per heavy atom. The molecule has 0 amide bonds.